The first kappa shape index (κ1) is 27.8. The molecule has 43 heavy (non-hydrogen) atoms. The average molecular weight is 588 g/mol. The first-order valence-corrected chi connectivity index (χ1v) is 15.3. The Hall–Kier alpha value is -4.05. The highest BCUT2D eigenvalue weighted by Gasteiger charge is 2.72. The Labute approximate surface area is 250 Å². The van der Waals surface area contributed by atoms with Crippen molar-refractivity contribution in [2.24, 2.45) is 17.8 Å². The molecule has 4 aliphatic heterocycles. The Morgan fingerprint density at radius 2 is 1.84 bits per heavy atom. The number of rotatable bonds is 8. The Bertz CT molecular complexity index is 1460. The first-order valence-electron chi connectivity index (χ1n) is 15.3. The second-order valence-corrected chi connectivity index (χ2v) is 12.2. The summed E-state index contributed by atoms with van der Waals surface area (Å²) in [7, 11) is 0. The van der Waals surface area contributed by atoms with Crippen LogP contribution in [0.2, 0.25) is 0 Å². The summed E-state index contributed by atoms with van der Waals surface area (Å²) in [6, 6.07) is 11.7. The van der Waals surface area contributed by atoms with Crippen LogP contribution in [0.5, 0.6) is 17.2 Å². The molecule has 1 saturated carbocycles. The molecule has 2 bridgehead atoms. The van der Waals surface area contributed by atoms with Crippen molar-refractivity contribution < 1.29 is 33.3 Å². The van der Waals surface area contributed by atoms with Crippen LogP contribution < -0.4 is 24.8 Å². The lowest BCUT2D eigenvalue weighted by molar-refractivity contribution is -0.142. The van der Waals surface area contributed by atoms with E-state index in [1.807, 2.05) is 37.3 Å². The highest BCUT2D eigenvalue weighted by atomic mass is 16.7. The quantitative estimate of drug-likeness (QED) is 0.452. The maximum atomic E-state index is 14.3. The number of hydrogen-bond donors (Lipinski definition) is 2. The molecule has 5 aliphatic rings. The van der Waals surface area contributed by atoms with Crippen LogP contribution in [0.1, 0.15) is 45.1 Å². The zero-order valence-corrected chi connectivity index (χ0v) is 24.4. The third kappa shape index (κ3) is 4.72. The van der Waals surface area contributed by atoms with Gasteiger partial charge in [0.25, 0.3) is 0 Å². The second-order valence-electron chi connectivity index (χ2n) is 12.2. The third-order valence-corrected chi connectivity index (χ3v) is 9.59. The molecule has 7 rings (SSSR count). The lowest BCUT2D eigenvalue weighted by Gasteiger charge is -2.36. The van der Waals surface area contributed by atoms with Crippen molar-refractivity contribution in [2.75, 3.05) is 18.7 Å². The summed E-state index contributed by atoms with van der Waals surface area (Å²) in [6.45, 7) is 4.92. The standard InChI is InChI=1S/C33H37N3O7/c1-3-40-22-11-9-21(10-12-22)34-30(37)27-25-14-15-33(43-25)28(27)32(39)36(17-20-8-13-24-26(16-20)42-18-41-24)29(33)31(38)35-23-7-5-4-6-19(23)2/h8-16,19,23,25,27-29H,3-7,17-18H2,1-2H3,(H,34,37)(H,35,38)/t19-,23-,25+,27-,28+,29+,33+/m1/s1. The van der Waals surface area contributed by atoms with Gasteiger partial charge in [-0.15, -0.1) is 0 Å². The van der Waals surface area contributed by atoms with Crippen molar-refractivity contribution in [3.8, 4) is 17.2 Å². The van der Waals surface area contributed by atoms with Crippen molar-refractivity contribution in [1.82, 2.24) is 10.2 Å². The molecule has 2 aromatic carbocycles. The molecular weight excluding hydrogens is 550 g/mol. The molecule has 3 amide bonds. The number of fused-ring (bicyclic) bond motifs is 2. The molecule has 2 aromatic rings. The van der Waals surface area contributed by atoms with Crippen molar-refractivity contribution >= 4 is 23.4 Å². The number of ether oxygens (including phenoxy) is 4. The van der Waals surface area contributed by atoms with Crippen molar-refractivity contribution in [3.05, 3.63) is 60.2 Å². The Balaban J connectivity index is 1.19. The van der Waals surface area contributed by atoms with Crippen LogP contribution in [0.4, 0.5) is 5.69 Å². The maximum absolute atomic E-state index is 14.3. The van der Waals surface area contributed by atoms with Crippen LogP contribution in [0.3, 0.4) is 0 Å². The molecular formula is C33H37N3O7. The number of hydrogen-bond acceptors (Lipinski definition) is 7. The summed E-state index contributed by atoms with van der Waals surface area (Å²) < 4.78 is 23.0. The second kappa shape index (κ2) is 10.9. The number of nitrogens with zero attached hydrogens (tertiary/aromatic N) is 1. The minimum absolute atomic E-state index is 0.0283. The van der Waals surface area contributed by atoms with E-state index in [-0.39, 0.29) is 37.1 Å². The van der Waals surface area contributed by atoms with Crippen LogP contribution in [-0.4, -0.2) is 59.8 Å². The molecule has 10 nitrogen and oxygen atoms in total. The van der Waals surface area contributed by atoms with E-state index in [1.165, 1.54) is 0 Å². The zero-order chi connectivity index (χ0) is 29.7. The molecule has 2 N–H and O–H groups in total. The van der Waals surface area contributed by atoms with Crippen LogP contribution in [0.15, 0.2) is 54.6 Å². The normalized spacial score (nSPS) is 31.7. The van der Waals surface area contributed by atoms with Gasteiger partial charge in [0.15, 0.2) is 11.5 Å². The monoisotopic (exact) mass is 587 g/mol. The minimum Gasteiger partial charge on any atom is -0.494 e. The van der Waals surface area contributed by atoms with E-state index in [9.17, 15) is 14.4 Å². The van der Waals surface area contributed by atoms with Gasteiger partial charge in [-0.3, -0.25) is 14.4 Å². The molecule has 10 heteroatoms. The number of anilines is 1. The van der Waals surface area contributed by atoms with Crippen LogP contribution in [-0.2, 0) is 25.7 Å². The van der Waals surface area contributed by atoms with Gasteiger partial charge in [0, 0.05) is 18.3 Å². The molecule has 2 saturated heterocycles. The molecule has 3 fully saturated rings. The van der Waals surface area contributed by atoms with Gasteiger partial charge in [0.1, 0.15) is 17.4 Å². The fourth-order valence-corrected chi connectivity index (χ4v) is 7.49. The lowest BCUT2D eigenvalue weighted by atomic mass is 9.74. The Morgan fingerprint density at radius 3 is 2.63 bits per heavy atom. The van der Waals surface area contributed by atoms with E-state index in [0.717, 1.165) is 31.2 Å². The fourth-order valence-electron chi connectivity index (χ4n) is 7.49. The van der Waals surface area contributed by atoms with E-state index in [4.69, 9.17) is 18.9 Å². The number of likely N-dealkylation sites (tertiary alicyclic amines) is 1. The van der Waals surface area contributed by atoms with E-state index >= 15 is 0 Å². The Kier molecular flexibility index (Phi) is 7.04. The number of carbonyl (C=O) groups excluding carboxylic acids is 3. The van der Waals surface area contributed by atoms with Gasteiger partial charge in [-0.05, 0) is 67.6 Å². The highest BCUT2D eigenvalue weighted by molar-refractivity contribution is 6.02. The van der Waals surface area contributed by atoms with Crippen molar-refractivity contribution in [3.63, 3.8) is 0 Å². The average Bonchev–Trinajstić information content (AvgIpc) is 3.76. The molecule has 0 aromatic heterocycles. The maximum Gasteiger partial charge on any atom is 0.246 e. The summed E-state index contributed by atoms with van der Waals surface area (Å²) in [4.78, 5) is 43.9. The summed E-state index contributed by atoms with van der Waals surface area (Å²) in [5.41, 5.74) is 0.158. The predicted molar refractivity (Wildman–Crippen MR) is 156 cm³/mol. The molecule has 1 aliphatic carbocycles. The van der Waals surface area contributed by atoms with Gasteiger partial charge in [-0.25, -0.2) is 0 Å². The summed E-state index contributed by atoms with van der Waals surface area (Å²) in [5.74, 6) is -0.155. The lowest BCUT2D eigenvalue weighted by Crippen LogP contribution is -2.57. The van der Waals surface area contributed by atoms with Gasteiger partial charge < -0.3 is 34.5 Å². The largest absolute Gasteiger partial charge is 0.494 e. The van der Waals surface area contributed by atoms with E-state index in [1.54, 1.807) is 29.2 Å². The van der Waals surface area contributed by atoms with E-state index < -0.39 is 29.6 Å². The number of amides is 3. The smallest absolute Gasteiger partial charge is 0.246 e. The minimum atomic E-state index is -1.24. The van der Waals surface area contributed by atoms with Crippen LogP contribution in [0, 0.1) is 17.8 Å². The summed E-state index contributed by atoms with van der Waals surface area (Å²) in [5, 5.41) is 6.24. The van der Waals surface area contributed by atoms with Gasteiger partial charge in [0.2, 0.25) is 24.5 Å². The molecule has 0 radical (unpaired) electrons. The number of carbonyl (C=O) groups is 3. The highest BCUT2D eigenvalue weighted by Crippen LogP contribution is 2.55. The summed E-state index contributed by atoms with van der Waals surface area (Å²) >= 11 is 0. The first-order chi connectivity index (χ1) is 20.9. The van der Waals surface area contributed by atoms with Gasteiger partial charge >= 0.3 is 0 Å². The van der Waals surface area contributed by atoms with Crippen molar-refractivity contribution in [1.29, 1.82) is 0 Å². The topological polar surface area (TPSA) is 115 Å². The van der Waals surface area contributed by atoms with Gasteiger partial charge in [-0.2, -0.15) is 0 Å². The predicted octanol–water partition coefficient (Wildman–Crippen LogP) is 3.80. The fraction of sp³-hybridized carbons (Fsp3) is 0.485. The van der Waals surface area contributed by atoms with Crippen molar-refractivity contribution in [2.45, 2.75) is 69.9 Å². The zero-order valence-electron chi connectivity index (χ0n) is 24.4. The van der Waals surface area contributed by atoms with Crippen LogP contribution in [0.25, 0.3) is 0 Å². The number of benzene rings is 2. The molecule has 226 valence electrons. The number of nitrogens with one attached hydrogen (secondary N) is 2. The van der Waals surface area contributed by atoms with E-state index in [2.05, 4.69) is 17.6 Å². The SMILES string of the molecule is CCOc1ccc(NC(=O)[C@@H]2[C@@H]3C=C[C@]4(O3)[C@@H]2C(=O)N(Cc2ccc3c(c2)OCO3)[C@H]4C(=O)N[C@@H]2CCCC[C@H]2C)cc1. The van der Waals surface area contributed by atoms with Crippen LogP contribution >= 0.6 is 0 Å². The van der Waals surface area contributed by atoms with Gasteiger partial charge in [-0.1, -0.05) is 38.0 Å². The molecule has 0 unspecified atom stereocenters. The van der Waals surface area contributed by atoms with Gasteiger partial charge in [0.05, 0.1) is 24.5 Å². The van der Waals surface area contributed by atoms with E-state index in [0.29, 0.717) is 35.5 Å². The molecule has 4 heterocycles. The third-order valence-electron chi connectivity index (χ3n) is 9.59. The molecule has 1 spiro atoms. The summed E-state index contributed by atoms with van der Waals surface area (Å²) in [6.07, 6.45) is 7.23. The molecule has 7 atom stereocenters. The Morgan fingerprint density at radius 1 is 1.05 bits per heavy atom.